The monoisotopic (exact) mass is 277 g/mol. The van der Waals surface area contributed by atoms with Crippen LogP contribution in [0.5, 0.6) is 5.95 Å². The lowest BCUT2D eigenvalue weighted by atomic mass is 10.0. The molecule has 0 aliphatic heterocycles. The quantitative estimate of drug-likeness (QED) is 0.604. The molecule has 3 rings (SSSR count). The summed E-state index contributed by atoms with van der Waals surface area (Å²) in [5, 5.41) is 0. The molecule has 0 saturated heterocycles. The third-order valence-corrected chi connectivity index (χ3v) is 3.22. The first-order chi connectivity index (χ1) is 10.4. The molecule has 0 aliphatic carbocycles. The van der Waals surface area contributed by atoms with E-state index in [4.69, 9.17) is 9.15 Å². The van der Waals surface area contributed by atoms with Crippen LogP contribution in [0.2, 0.25) is 0 Å². The molecule has 0 aliphatic rings. The summed E-state index contributed by atoms with van der Waals surface area (Å²) < 4.78 is 11.4. The molecular formula is C19H17O2+. The van der Waals surface area contributed by atoms with Crippen molar-refractivity contribution in [1.29, 1.82) is 0 Å². The zero-order valence-corrected chi connectivity index (χ0v) is 12.0. The lowest BCUT2D eigenvalue weighted by Gasteiger charge is -2.02. The van der Waals surface area contributed by atoms with Gasteiger partial charge in [-0.2, -0.15) is 0 Å². The summed E-state index contributed by atoms with van der Waals surface area (Å²) in [5.74, 6) is 1.35. The van der Waals surface area contributed by atoms with Crippen LogP contribution in [-0.4, -0.2) is 6.61 Å². The summed E-state index contributed by atoms with van der Waals surface area (Å²) in [6, 6.07) is 24.3. The first-order valence-corrected chi connectivity index (χ1v) is 7.08. The summed E-state index contributed by atoms with van der Waals surface area (Å²) in [5.41, 5.74) is 3.27. The van der Waals surface area contributed by atoms with Gasteiger partial charge in [-0.25, -0.2) is 0 Å². The van der Waals surface area contributed by atoms with Crippen LogP contribution in [-0.2, 0) is 0 Å². The van der Waals surface area contributed by atoms with E-state index in [2.05, 4.69) is 12.1 Å². The standard InChI is InChI=1S/C19H17O2/c1-2-20-19-14-17(15-9-5-3-6-10-15)13-18(21-19)16-11-7-4-8-12-16/h3-14H,2H2,1H3/q+1. The second-order valence-electron chi connectivity index (χ2n) is 4.69. The van der Waals surface area contributed by atoms with Crippen LogP contribution in [0.15, 0.2) is 77.2 Å². The van der Waals surface area contributed by atoms with E-state index in [0.717, 1.165) is 22.5 Å². The normalized spacial score (nSPS) is 10.3. The van der Waals surface area contributed by atoms with Gasteiger partial charge in [-0.15, -0.1) is 0 Å². The molecular weight excluding hydrogens is 260 g/mol. The minimum Gasteiger partial charge on any atom is -0.318 e. The van der Waals surface area contributed by atoms with E-state index in [1.807, 2.05) is 67.6 Å². The minimum absolute atomic E-state index is 0.540. The number of hydrogen-bond donors (Lipinski definition) is 0. The van der Waals surface area contributed by atoms with Crippen molar-refractivity contribution in [3.8, 4) is 28.4 Å². The Hall–Kier alpha value is -2.61. The number of hydrogen-bond acceptors (Lipinski definition) is 1. The van der Waals surface area contributed by atoms with Gasteiger partial charge in [0, 0.05) is 17.2 Å². The van der Waals surface area contributed by atoms with Crippen molar-refractivity contribution in [1.82, 2.24) is 0 Å². The Balaban J connectivity index is 2.11. The third kappa shape index (κ3) is 3.11. The summed E-state index contributed by atoms with van der Waals surface area (Å²) >= 11 is 0. The molecule has 0 unspecified atom stereocenters. The zero-order valence-electron chi connectivity index (χ0n) is 12.0. The van der Waals surface area contributed by atoms with Gasteiger partial charge in [0.15, 0.2) is 6.61 Å². The highest BCUT2D eigenvalue weighted by atomic mass is 16.6. The van der Waals surface area contributed by atoms with E-state index >= 15 is 0 Å². The SMILES string of the molecule is CCOc1cc(-c2ccccc2)cc(-c2ccccc2)[o+]1. The van der Waals surface area contributed by atoms with Crippen LogP contribution >= 0.6 is 0 Å². The van der Waals surface area contributed by atoms with E-state index in [1.165, 1.54) is 0 Å². The number of ether oxygens (including phenoxy) is 1. The van der Waals surface area contributed by atoms with Gasteiger partial charge in [0.05, 0.1) is 6.07 Å². The average Bonchev–Trinajstić information content (AvgIpc) is 2.56. The first kappa shape index (κ1) is 13.4. The Labute approximate surface area is 124 Å². The Morgan fingerprint density at radius 1 is 0.762 bits per heavy atom. The van der Waals surface area contributed by atoms with Gasteiger partial charge >= 0.3 is 5.95 Å². The van der Waals surface area contributed by atoms with Gasteiger partial charge in [0.2, 0.25) is 0 Å². The van der Waals surface area contributed by atoms with E-state index in [0.29, 0.717) is 12.6 Å². The van der Waals surface area contributed by atoms with Gasteiger partial charge in [-0.05, 0) is 24.6 Å². The van der Waals surface area contributed by atoms with Crippen LogP contribution in [0, 0.1) is 0 Å². The zero-order chi connectivity index (χ0) is 14.5. The maximum absolute atomic E-state index is 5.84. The molecule has 21 heavy (non-hydrogen) atoms. The fourth-order valence-electron chi connectivity index (χ4n) is 2.23. The van der Waals surface area contributed by atoms with Crippen LogP contribution in [0.1, 0.15) is 6.92 Å². The van der Waals surface area contributed by atoms with Gasteiger partial charge in [0.25, 0.3) is 5.76 Å². The topological polar surface area (TPSA) is 20.5 Å². The number of benzene rings is 2. The fourth-order valence-corrected chi connectivity index (χ4v) is 2.23. The Kier molecular flexibility index (Phi) is 3.97. The molecule has 1 aromatic heterocycles. The predicted octanol–water partition coefficient (Wildman–Crippen LogP) is 5.29. The van der Waals surface area contributed by atoms with Crippen molar-refractivity contribution in [2.45, 2.75) is 6.92 Å². The summed E-state index contributed by atoms with van der Waals surface area (Å²) in [6.45, 7) is 2.53. The first-order valence-electron chi connectivity index (χ1n) is 7.08. The van der Waals surface area contributed by atoms with Crippen LogP contribution in [0.4, 0.5) is 0 Å². The highest BCUT2D eigenvalue weighted by Crippen LogP contribution is 2.31. The molecule has 2 heteroatoms. The molecule has 0 saturated carbocycles. The molecule has 0 fully saturated rings. The summed E-state index contributed by atoms with van der Waals surface area (Å²) in [7, 11) is 0. The molecule has 0 N–H and O–H groups in total. The molecule has 3 aromatic rings. The molecule has 0 spiro atoms. The van der Waals surface area contributed by atoms with Gasteiger partial charge in [-0.1, -0.05) is 48.5 Å². The van der Waals surface area contributed by atoms with E-state index in [-0.39, 0.29) is 0 Å². The molecule has 0 bridgehead atoms. The highest BCUT2D eigenvalue weighted by Gasteiger charge is 2.16. The van der Waals surface area contributed by atoms with E-state index in [9.17, 15) is 0 Å². The van der Waals surface area contributed by atoms with Crippen molar-refractivity contribution >= 4 is 0 Å². The maximum atomic E-state index is 5.84. The third-order valence-electron chi connectivity index (χ3n) is 3.22. The number of rotatable bonds is 4. The lowest BCUT2D eigenvalue weighted by molar-refractivity contribution is 0.255. The largest absolute Gasteiger partial charge is 0.519 e. The van der Waals surface area contributed by atoms with Crippen LogP contribution in [0.25, 0.3) is 22.5 Å². The molecule has 0 atom stereocenters. The summed E-state index contributed by atoms with van der Waals surface area (Å²) in [6.07, 6.45) is 0. The van der Waals surface area contributed by atoms with Gasteiger partial charge < -0.3 is 4.74 Å². The predicted molar refractivity (Wildman–Crippen MR) is 85.2 cm³/mol. The summed E-state index contributed by atoms with van der Waals surface area (Å²) in [4.78, 5) is 0. The molecule has 2 aromatic carbocycles. The van der Waals surface area contributed by atoms with Crippen molar-refractivity contribution in [2.75, 3.05) is 6.61 Å². The van der Waals surface area contributed by atoms with Crippen molar-refractivity contribution < 1.29 is 9.15 Å². The fraction of sp³-hybridized carbons (Fsp3) is 0.105. The second kappa shape index (κ2) is 6.23. The van der Waals surface area contributed by atoms with E-state index < -0.39 is 0 Å². The van der Waals surface area contributed by atoms with Crippen LogP contribution < -0.4 is 4.74 Å². The Bertz CT molecular complexity index is 648. The molecule has 0 radical (unpaired) electrons. The highest BCUT2D eigenvalue weighted by molar-refractivity contribution is 5.70. The minimum atomic E-state index is 0.540. The Morgan fingerprint density at radius 2 is 1.38 bits per heavy atom. The maximum Gasteiger partial charge on any atom is 0.519 e. The lowest BCUT2D eigenvalue weighted by Crippen LogP contribution is -1.93. The smallest absolute Gasteiger partial charge is 0.318 e. The Morgan fingerprint density at radius 3 is 2.00 bits per heavy atom. The second-order valence-corrected chi connectivity index (χ2v) is 4.69. The molecule has 0 amide bonds. The molecule has 1 heterocycles. The van der Waals surface area contributed by atoms with Gasteiger partial charge in [-0.3, -0.25) is 4.42 Å². The average molecular weight is 277 g/mol. The van der Waals surface area contributed by atoms with E-state index in [1.54, 1.807) is 0 Å². The van der Waals surface area contributed by atoms with Crippen molar-refractivity contribution in [2.24, 2.45) is 0 Å². The van der Waals surface area contributed by atoms with Crippen LogP contribution in [0.3, 0.4) is 0 Å². The van der Waals surface area contributed by atoms with Crippen molar-refractivity contribution in [3.05, 3.63) is 72.8 Å². The molecule has 104 valence electrons. The van der Waals surface area contributed by atoms with Gasteiger partial charge in [0.1, 0.15) is 0 Å². The molecule has 2 nitrogen and oxygen atoms in total. The van der Waals surface area contributed by atoms with Crippen molar-refractivity contribution in [3.63, 3.8) is 0 Å².